The van der Waals surface area contributed by atoms with Crippen LogP contribution in [0.25, 0.3) is 0 Å². The molecule has 0 radical (unpaired) electrons. The number of carbonyl (C=O) groups excluding carboxylic acids is 2. The highest BCUT2D eigenvalue weighted by Gasteiger charge is 2.26. The average molecular weight is 463 g/mol. The van der Waals surface area contributed by atoms with Crippen molar-refractivity contribution in [3.8, 4) is 23.0 Å². The smallest absolute Gasteiger partial charge is 0.265 e. The Balaban J connectivity index is 1.52. The Hall–Kier alpha value is -4.20. The number of hydrogen-bond acceptors (Lipinski definition) is 6. The molecule has 0 aliphatic carbocycles. The normalized spacial score (nSPS) is 12.4. The predicted octanol–water partition coefficient (Wildman–Crippen LogP) is 4.07. The molecule has 3 aromatic rings. The van der Waals surface area contributed by atoms with E-state index in [4.69, 9.17) is 18.9 Å². The van der Waals surface area contributed by atoms with Gasteiger partial charge in [0.15, 0.2) is 6.61 Å². The number of amides is 2. The highest BCUT2D eigenvalue weighted by Crippen LogP contribution is 2.35. The molecule has 0 saturated carbocycles. The van der Waals surface area contributed by atoms with Crippen molar-refractivity contribution < 1.29 is 28.5 Å². The highest BCUT2D eigenvalue weighted by atomic mass is 16.5. The molecule has 2 amide bonds. The number of ether oxygens (including phenoxy) is 4. The van der Waals surface area contributed by atoms with Crippen molar-refractivity contribution in [3.63, 3.8) is 0 Å². The Morgan fingerprint density at radius 2 is 1.74 bits per heavy atom. The Morgan fingerprint density at radius 1 is 1.03 bits per heavy atom. The topological polar surface area (TPSA) is 86.3 Å². The van der Waals surface area contributed by atoms with Crippen molar-refractivity contribution in [1.82, 2.24) is 0 Å². The van der Waals surface area contributed by atoms with Crippen molar-refractivity contribution in [2.24, 2.45) is 0 Å². The van der Waals surface area contributed by atoms with Crippen molar-refractivity contribution in [2.45, 2.75) is 6.92 Å². The maximum Gasteiger partial charge on any atom is 0.265 e. The van der Waals surface area contributed by atoms with E-state index in [0.717, 1.165) is 11.3 Å². The standard InChI is InChI=1S/C26H26N2O6/c1-17-7-10-19(11-8-17)33-14-13-28-20-15-18(9-12-21(20)34-16-24(28)29)27-26(30)25-22(31-2)5-4-6-23(25)32-3/h4-12,15H,13-14,16H2,1-3H3,(H,27,30). The maximum atomic E-state index is 13.0. The minimum Gasteiger partial charge on any atom is -0.496 e. The number of methoxy groups -OCH3 is 2. The van der Waals surface area contributed by atoms with Crippen LogP contribution in [0.1, 0.15) is 15.9 Å². The zero-order chi connectivity index (χ0) is 24.1. The molecule has 176 valence electrons. The van der Waals surface area contributed by atoms with Crippen molar-refractivity contribution in [3.05, 3.63) is 71.8 Å². The summed E-state index contributed by atoms with van der Waals surface area (Å²) >= 11 is 0. The van der Waals surface area contributed by atoms with E-state index < -0.39 is 5.91 Å². The lowest BCUT2D eigenvalue weighted by atomic mass is 10.1. The van der Waals surface area contributed by atoms with Gasteiger partial charge in [0, 0.05) is 5.69 Å². The largest absolute Gasteiger partial charge is 0.496 e. The summed E-state index contributed by atoms with van der Waals surface area (Å²) < 4.78 is 22.0. The van der Waals surface area contributed by atoms with E-state index in [2.05, 4.69) is 5.32 Å². The number of benzene rings is 3. The Bertz CT molecular complexity index is 1170. The minimum atomic E-state index is -0.397. The molecule has 0 bridgehead atoms. The summed E-state index contributed by atoms with van der Waals surface area (Å²) in [6.45, 7) is 2.60. The first kappa shape index (κ1) is 23.0. The first-order chi connectivity index (χ1) is 16.5. The molecule has 8 nitrogen and oxygen atoms in total. The third kappa shape index (κ3) is 4.91. The van der Waals surface area contributed by atoms with Crippen LogP contribution in [0.2, 0.25) is 0 Å². The van der Waals surface area contributed by atoms with Crippen LogP contribution in [-0.4, -0.2) is 45.8 Å². The van der Waals surface area contributed by atoms with Gasteiger partial charge < -0.3 is 29.2 Å². The molecular weight excluding hydrogens is 436 g/mol. The minimum absolute atomic E-state index is 0.0539. The van der Waals surface area contributed by atoms with E-state index in [1.165, 1.54) is 14.2 Å². The lowest BCUT2D eigenvalue weighted by Crippen LogP contribution is -2.41. The SMILES string of the molecule is COc1cccc(OC)c1C(=O)Nc1ccc2c(c1)N(CCOc1ccc(C)cc1)C(=O)CO2. The molecule has 8 heteroatoms. The van der Waals surface area contributed by atoms with Gasteiger partial charge >= 0.3 is 0 Å². The molecule has 1 aliphatic heterocycles. The Labute approximate surface area is 198 Å². The molecule has 1 N–H and O–H groups in total. The van der Waals surface area contributed by atoms with Gasteiger partial charge in [-0.25, -0.2) is 0 Å². The highest BCUT2D eigenvalue weighted by molar-refractivity contribution is 6.09. The zero-order valence-electron chi connectivity index (χ0n) is 19.3. The zero-order valence-corrected chi connectivity index (χ0v) is 19.3. The summed E-state index contributed by atoms with van der Waals surface area (Å²) in [6, 6.07) is 18.0. The van der Waals surface area contributed by atoms with Gasteiger partial charge in [-0.3, -0.25) is 9.59 Å². The molecule has 3 aromatic carbocycles. The summed E-state index contributed by atoms with van der Waals surface area (Å²) in [4.78, 5) is 27.2. The second-order valence-electron chi connectivity index (χ2n) is 7.67. The van der Waals surface area contributed by atoms with Gasteiger partial charge in [0.05, 0.1) is 26.5 Å². The van der Waals surface area contributed by atoms with Gasteiger partial charge in [-0.15, -0.1) is 0 Å². The molecule has 1 aliphatic rings. The average Bonchev–Trinajstić information content (AvgIpc) is 2.85. The summed E-state index contributed by atoms with van der Waals surface area (Å²) in [5, 5.41) is 2.86. The Morgan fingerprint density at radius 3 is 2.41 bits per heavy atom. The molecule has 34 heavy (non-hydrogen) atoms. The molecule has 4 rings (SSSR count). The van der Waals surface area contributed by atoms with Crippen LogP contribution < -0.4 is 29.2 Å². The molecular formula is C26H26N2O6. The fourth-order valence-corrected chi connectivity index (χ4v) is 3.68. The van der Waals surface area contributed by atoms with Gasteiger partial charge in [0.2, 0.25) is 0 Å². The third-order valence-corrected chi connectivity index (χ3v) is 5.42. The molecule has 0 atom stereocenters. The molecule has 0 fully saturated rings. The van der Waals surface area contributed by atoms with Crippen LogP contribution in [0.3, 0.4) is 0 Å². The quantitative estimate of drug-likeness (QED) is 0.543. The van der Waals surface area contributed by atoms with Gasteiger partial charge in [0.1, 0.15) is 35.2 Å². The third-order valence-electron chi connectivity index (χ3n) is 5.42. The van der Waals surface area contributed by atoms with Gasteiger partial charge in [-0.05, 0) is 49.4 Å². The van der Waals surface area contributed by atoms with Crippen LogP contribution in [0.5, 0.6) is 23.0 Å². The van der Waals surface area contributed by atoms with E-state index in [1.54, 1.807) is 41.3 Å². The first-order valence-corrected chi connectivity index (χ1v) is 10.8. The van der Waals surface area contributed by atoms with Gasteiger partial charge in [0.25, 0.3) is 11.8 Å². The summed E-state index contributed by atoms with van der Waals surface area (Å²) in [6.07, 6.45) is 0. The van der Waals surface area contributed by atoms with Crippen LogP contribution in [0.15, 0.2) is 60.7 Å². The number of nitrogens with zero attached hydrogens (tertiary/aromatic N) is 1. The molecule has 1 heterocycles. The van der Waals surface area contributed by atoms with E-state index in [9.17, 15) is 9.59 Å². The van der Waals surface area contributed by atoms with Crippen LogP contribution in [0.4, 0.5) is 11.4 Å². The number of carbonyl (C=O) groups is 2. The number of fused-ring (bicyclic) bond motifs is 1. The van der Waals surface area contributed by atoms with Crippen LogP contribution in [-0.2, 0) is 4.79 Å². The fourth-order valence-electron chi connectivity index (χ4n) is 3.68. The van der Waals surface area contributed by atoms with Gasteiger partial charge in [-0.2, -0.15) is 0 Å². The lowest BCUT2D eigenvalue weighted by Gasteiger charge is -2.29. The van der Waals surface area contributed by atoms with Crippen LogP contribution in [0, 0.1) is 6.92 Å². The van der Waals surface area contributed by atoms with Crippen molar-refractivity contribution in [2.75, 3.05) is 44.2 Å². The number of hydrogen-bond donors (Lipinski definition) is 1. The van der Waals surface area contributed by atoms with Crippen LogP contribution >= 0.6 is 0 Å². The number of aryl methyl sites for hydroxylation is 1. The first-order valence-electron chi connectivity index (χ1n) is 10.8. The monoisotopic (exact) mass is 462 g/mol. The molecule has 0 saturated heterocycles. The molecule has 0 unspecified atom stereocenters. The summed E-state index contributed by atoms with van der Waals surface area (Å²) in [5.41, 5.74) is 2.49. The lowest BCUT2D eigenvalue weighted by molar-refractivity contribution is -0.121. The number of rotatable bonds is 8. The molecule has 0 spiro atoms. The second kappa shape index (κ2) is 10.2. The van der Waals surface area contributed by atoms with Crippen molar-refractivity contribution in [1.29, 1.82) is 0 Å². The summed E-state index contributed by atoms with van der Waals surface area (Å²) in [7, 11) is 2.98. The number of nitrogens with one attached hydrogen (secondary N) is 1. The van der Waals surface area contributed by atoms with E-state index in [1.807, 2.05) is 31.2 Å². The summed E-state index contributed by atoms with van der Waals surface area (Å²) in [5.74, 6) is 1.49. The van der Waals surface area contributed by atoms with E-state index in [0.29, 0.717) is 41.8 Å². The molecule has 0 aromatic heterocycles. The van der Waals surface area contributed by atoms with E-state index in [-0.39, 0.29) is 18.1 Å². The fraction of sp³-hybridized carbons (Fsp3) is 0.231. The van der Waals surface area contributed by atoms with Crippen molar-refractivity contribution >= 4 is 23.2 Å². The predicted molar refractivity (Wildman–Crippen MR) is 128 cm³/mol. The Kier molecular flexibility index (Phi) is 6.87. The maximum absolute atomic E-state index is 13.0. The number of anilines is 2. The van der Waals surface area contributed by atoms with E-state index >= 15 is 0 Å². The second-order valence-corrected chi connectivity index (χ2v) is 7.67. The van der Waals surface area contributed by atoms with Gasteiger partial charge in [-0.1, -0.05) is 23.8 Å².